The first-order chi connectivity index (χ1) is 9.13. The molecule has 1 amide bonds. The van der Waals surface area contributed by atoms with Gasteiger partial charge in [-0.25, -0.2) is 9.18 Å². The zero-order valence-electron chi connectivity index (χ0n) is 10.6. The number of hydrogen-bond acceptors (Lipinski definition) is 3. The van der Waals surface area contributed by atoms with E-state index in [9.17, 15) is 9.18 Å². The number of hydrogen-bond donors (Lipinski definition) is 2. The van der Waals surface area contributed by atoms with Crippen LogP contribution in [0.3, 0.4) is 0 Å². The third-order valence-electron chi connectivity index (χ3n) is 3.20. The summed E-state index contributed by atoms with van der Waals surface area (Å²) >= 11 is 0. The van der Waals surface area contributed by atoms with Gasteiger partial charge in [-0.1, -0.05) is 12.1 Å². The molecule has 5 nitrogen and oxygen atoms in total. The smallest absolute Gasteiger partial charge is 0.405 e. The van der Waals surface area contributed by atoms with Crippen LogP contribution < -0.4 is 5.32 Å². The van der Waals surface area contributed by atoms with Crippen LogP contribution in [0, 0.1) is 5.82 Å². The van der Waals surface area contributed by atoms with Gasteiger partial charge in [-0.2, -0.15) is 0 Å². The molecule has 0 saturated carbocycles. The first-order valence-electron chi connectivity index (χ1n) is 6.00. The molecule has 0 bridgehead atoms. The van der Waals surface area contributed by atoms with E-state index in [0.29, 0.717) is 18.4 Å². The molecular weight excluding hydrogens is 253 g/mol. The third-order valence-corrected chi connectivity index (χ3v) is 3.20. The summed E-state index contributed by atoms with van der Waals surface area (Å²) < 4.78 is 24.2. The Morgan fingerprint density at radius 3 is 3.05 bits per heavy atom. The van der Waals surface area contributed by atoms with Crippen LogP contribution in [-0.2, 0) is 15.9 Å². The predicted octanol–water partition coefficient (Wildman–Crippen LogP) is 2.07. The second kappa shape index (κ2) is 5.99. The van der Waals surface area contributed by atoms with Gasteiger partial charge in [-0.05, 0) is 24.5 Å². The number of methoxy groups -OCH3 is 1. The van der Waals surface area contributed by atoms with Crippen molar-refractivity contribution in [3.05, 3.63) is 35.1 Å². The van der Waals surface area contributed by atoms with E-state index in [0.717, 1.165) is 5.56 Å². The quantitative estimate of drug-likeness (QED) is 0.821. The van der Waals surface area contributed by atoms with Crippen molar-refractivity contribution in [3.8, 4) is 0 Å². The van der Waals surface area contributed by atoms with Crippen molar-refractivity contribution in [2.24, 2.45) is 0 Å². The van der Waals surface area contributed by atoms with Crippen LogP contribution in [0.1, 0.15) is 23.6 Å². The van der Waals surface area contributed by atoms with Gasteiger partial charge < -0.3 is 19.9 Å². The van der Waals surface area contributed by atoms with Crippen LogP contribution in [0.2, 0.25) is 0 Å². The Morgan fingerprint density at radius 2 is 2.37 bits per heavy atom. The SMILES string of the molecule is COCO[C@H]1CCc2cccc(F)c2[C@H]1NC(=O)O. The van der Waals surface area contributed by atoms with Crippen molar-refractivity contribution >= 4 is 6.09 Å². The van der Waals surface area contributed by atoms with Crippen molar-refractivity contribution in [3.63, 3.8) is 0 Å². The van der Waals surface area contributed by atoms with E-state index in [4.69, 9.17) is 14.6 Å². The number of rotatable bonds is 4. The van der Waals surface area contributed by atoms with Crippen LogP contribution >= 0.6 is 0 Å². The van der Waals surface area contributed by atoms with Crippen molar-refractivity contribution in [2.75, 3.05) is 13.9 Å². The molecule has 0 radical (unpaired) electrons. The maximum Gasteiger partial charge on any atom is 0.405 e. The summed E-state index contributed by atoms with van der Waals surface area (Å²) in [4.78, 5) is 10.9. The highest BCUT2D eigenvalue weighted by Crippen LogP contribution is 2.33. The van der Waals surface area contributed by atoms with Crippen LogP contribution in [-0.4, -0.2) is 31.2 Å². The Labute approximate surface area is 110 Å². The first-order valence-corrected chi connectivity index (χ1v) is 6.00. The van der Waals surface area contributed by atoms with Gasteiger partial charge in [0.25, 0.3) is 0 Å². The Kier molecular flexibility index (Phi) is 4.34. The van der Waals surface area contributed by atoms with Crippen molar-refractivity contribution in [1.82, 2.24) is 5.32 Å². The van der Waals surface area contributed by atoms with E-state index < -0.39 is 24.1 Å². The molecule has 1 aromatic rings. The summed E-state index contributed by atoms with van der Waals surface area (Å²) in [6.45, 7) is 0.0479. The lowest BCUT2D eigenvalue weighted by Crippen LogP contribution is -2.41. The van der Waals surface area contributed by atoms with Crippen LogP contribution in [0.15, 0.2) is 18.2 Å². The molecular formula is C13H16FNO4. The van der Waals surface area contributed by atoms with Crippen LogP contribution in [0.5, 0.6) is 0 Å². The van der Waals surface area contributed by atoms with Crippen LogP contribution in [0.4, 0.5) is 9.18 Å². The summed E-state index contributed by atoms with van der Waals surface area (Å²) in [5.41, 5.74) is 1.19. The highest BCUT2D eigenvalue weighted by Gasteiger charge is 2.33. The second-order valence-electron chi connectivity index (χ2n) is 4.39. The van der Waals surface area contributed by atoms with Crippen LogP contribution in [0.25, 0.3) is 0 Å². The zero-order chi connectivity index (χ0) is 13.8. The number of amides is 1. The molecule has 0 spiro atoms. The van der Waals surface area contributed by atoms with Gasteiger partial charge in [-0.3, -0.25) is 0 Å². The molecule has 1 aliphatic rings. The number of fused-ring (bicyclic) bond motifs is 1. The predicted molar refractivity (Wildman–Crippen MR) is 65.4 cm³/mol. The fourth-order valence-corrected chi connectivity index (χ4v) is 2.43. The molecule has 1 aromatic carbocycles. The van der Waals surface area contributed by atoms with Gasteiger partial charge in [0.15, 0.2) is 0 Å². The standard InChI is InChI=1S/C13H16FNO4/c1-18-7-19-10-6-5-8-3-2-4-9(14)11(8)12(10)15-13(16)17/h2-4,10,12,15H,5-7H2,1H3,(H,16,17)/t10-,12-/m0/s1. The minimum absolute atomic E-state index is 0.0479. The number of aryl methyl sites for hydroxylation is 1. The largest absolute Gasteiger partial charge is 0.465 e. The molecule has 2 N–H and O–H groups in total. The molecule has 2 rings (SSSR count). The average molecular weight is 269 g/mol. The molecule has 0 aromatic heterocycles. The number of benzene rings is 1. The Hall–Kier alpha value is -1.66. The van der Waals surface area contributed by atoms with E-state index in [1.54, 1.807) is 6.07 Å². The van der Waals surface area contributed by atoms with Gasteiger partial charge in [0.05, 0.1) is 12.1 Å². The minimum Gasteiger partial charge on any atom is -0.465 e. The molecule has 0 aliphatic heterocycles. The van der Waals surface area contributed by atoms with E-state index in [1.807, 2.05) is 6.07 Å². The summed E-state index contributed by atoms with van der Waals surface area (Å²) in [7, 11) is 1.48. The Balaban J connectivity index is 2.31. The fourth-order valence-electron chi connectivity index (χ4n) is 2.43. The zero-order valence-corrected chi connectivity index (χ0v) is 10.6. The van der Waals surface area contributed by atoms with Crippen molar-refractivity contribution in [1.29, 1.82) is 0 Å². The second-order valence-corrected chi connectivity index (χ2v) is 4.39. The number of ether oxygens (including phenoxy) is 2. The molecule has 2 atom stereocenters. The molecule has 0 heterocycles. The molecule has 104 valence electrons. The minimum atomic E-state index is -1.20. The van der Waals surface area contributed by atoms with E-state index in [2.05, 4.69) is 5.32 Å². The average Bonchev–Trinajstić information content (AvgIpc) is 2.37. The number of carbonyl (C=O) groups is 1. The molecule has 19 heavy (non-hydrogen) atoms. The van der Waals surface area contributed by atoms with Gasteiger partial charge in [0, 0.05) is 12.7 Å². The molecule has 0 unspecified atom stereocenters. The highest BCUT2D eigenvalue weighted by molar-refractivity contribution is 5.65. The van der Waals surface area contributed by atoms with Gasteiger partial charge in [-0.15, -0.1) is 0 Å². The Morgan fingerprint density at radius 1 is 1.58 bits per heavy atom. The molecule has 6 heteroatoms. The van der Waals surface area contributed by atoms with Gasteiger partial charge in [0.2, 0.25) is 0 Å². The van der Waals surface area contributed by atoms with E-state index >= 15 is 0 Å². The number of halogens is 1. The maximum atomic E-state index is 13.9. The lowest BCUT2D eigenvalue weighted by molar-refractivity contribution is -0.0881. The first kappa shape index (κ1) is 13.8. The molecule has 0 fully saturated rings. The van der Waals surface area contributed by atoms with Crippen molar-refractivity contribution < 1.29 is 23.8 Å². The molecule has 0 saturated heterocycles. The monoisotopic (exact) mass is 269 g/mol. The van der Waals surface area contributed by atoms with Crippen molar-refractivity contribution in [2.45, 2.75) is 25.0 Å². The summed E-state index contributed by atoms with van der Waals surface area (Å²) in [6, 6.07) is 4.05. The maximum absolute atomic E-state index is 13.9. The number of nitrogens with one attached hydrogen (secondary N) is 1. The topological polar surface area (TPSA) is 67.8 Å². The summed E-state index contributed by atoms with van der Waals surface area (Å²) in [6.07, 6.45) is -0.364. The van der Waals surface area contributed by atoms with Gasteiger partial charge in [0.1, 0.15) is 12.6 Å². The van der Waals surface area contributed by atoms with Gasteiger partial charge >= 0.3 is 6.09 Å². The third kappa shape index (κ3) is 3.02. The van der Waals surface area contributed by atoms with E-state index in [-0.39, 0.29) is 6.79 Å². The van der Waals surface area contributed by atoms with E-state index in [1.165, 1.54) is 13.2 Å². The lowest BCUT2D eigenvalue weighted by Gasteiger charge is -2.33. The summed E-state index contributed by atoms with van der Waals surface area (Å²) in [5.74, 6) is -0.415. The normalized spacial score (nSPS) is 21.8. The Bertz CT molecular complexity index is 466. The lowest BCUT2D eigenvalue weighted by atomic mass is 9.85. The fraction of sp³-hybridized carbons (Fsp3) is 0.462. The molecule has 1 aliphatic carbocycles. The highest BCUT2D eigenvalue weighted by atomic mass is 19.1. The number of carboxylic acid groups (broad SMARTS) is 1. The summed E-state index contributed by atoms with van der Waals surface area (Å²) in [5, 5.41) is 11.2.